The summed E-state index contributed by atoms with van der Waals surface area (Å²) in [7, 11) is 0. The van der Waals surface area contributed by atoms with E-state index in [-0.39, 0.29) is 5.91 Å². The lowest BCUT2D eigenvalue weighted by Gasteiger charge is -2.26. The number of thioether (sulfide) groups is 1. The van der Waals surface area contributed by atoms with Crippen molar-refractivity contribution in [2.24, 2.45) is 0 Å². The zero-order valence-corrected chi connectivity index (χ0v) is 14.3. The number of pyridine rings is 1. The maximum atomic E-state index is 12.6. The Kier molecular flexibility index (Phi) is 4.02. The smallest absolute Gasteiger partial charge is 0.255 e. The van der Waals surface area contributed by atoms with E-state index in [0.29, 0.717) is 11.6 Å². The normalized spacial score (nSPS) is 14.5. The third-order valence-electron chi connectivity index (χ3n) is 4.36. The second-order valence-corrected chi connectivity index (χ2v) is 7.34. The highest BCUT2D eigenvalue weighted by atomic mass is 32.2. The molecule has 0 spiro atoms. The zero-order valence-electron chi connectivity index (χ0n) is 13.5. The Morgan fingerprint density at radius 1 is 1.25 bits per heavy atom. The molecule has 3 aromatic rings. The van der Waals surface area contributed by atoms with Gasteiger partial charge < -0.3 is 9.88 Å². The number of rotatable bonds is 4. The third-order valence-corrected chi connectivity index (χ3v) is 5.63. The van der Waals surface area contributed by atoms with Gasteiger partial charge in [-0.15, -0.1) is 0 Å². The highest BCUT2D eigenvalue weighted by Crippen LogP contribution is 2.22. The van der Waals surface area contributed by atoms with Crippen molar-refractivity contribution in [2.45, 2.75) is 19.5 Å². The second-order valence-electron chi connectivity index (χ2n) is 6.26. The van der Waals surface area contributed by atoms with Gasteiger partial charge in [-0.1, -0.05) is 29.8 Å². The van der Waals surface area contributed by atoms with Gasteiger partial charge in [-0.25, -0.2) is 0 Å². The molecule has 5 heteroatoms. The van der Waals surface area contributed by atoms with Crippen LogP contribution in [0, 0.1) is 6.92 Å². The summed E-state index contributed by atoms with van der Waals surface area (Å²) < 4.78 is 2.13. The molecule has 1 aliphatic rings. The Morgan fingerprint density at radius 2 is 2.04 bits per heavy atom. The molecular weight excluding hydrogens is 318 g/mol. The fraction of sp³-hybridized carbons (Fsp3) is 0.263. The van der Waals surface area contributed by atoms with Gasteiger partial charge in [-0.3, -0.25) is 9.78 Å². The van der Waals surface area contributed by atoms with Crippen LogP contribution in [-0.4, -0.2) is 33.0 Å². The van der Waals surface area contributed by atoms with E-state index < -0.39 is 0 Å². The minimum atomic E-state index is -0.0257. The Bertz CT molecular complexity index is 881. The Balaban J connectivity index is 1.68. The predicted octanol–water partition coefficient (Wildman–Crippen LogP) is 3.24. The number of fused-ring (bicyclic) bond motifs is 1. The van der Waals surface area contributed by atoms with E-state index in [1.807, 2.05) is 30.2 Å². The largest absolute Gasteiger partial charge is 0.348 e. The Labute approximate surface area is 145 Å². The fourth-order valence-electron chi connectivity index (χ4n) is 2.93. The van der Waals surface area contributed by atoms with Gasteiger partial charge in [0.1, 0.15) is 0 Å². The van der Waals surface area contributed by atoms with Gasteiger partial charge in [-0.05, 0) is 18.6 Å². The number of aromatic nitrogens is 2. The molecule has 1 aliphatic heterocycles. The van der Waals surface area contributed by atoms with Gasteiger partial charge in [0, 0.05) is 48.1 Å². The van der Waals surface area contributed by atoms with E-state index in [2.05, 4.69) is 46.1 Å². The van der Waals surface area contributed by atoms with Crippen LogP contribution in [0.3, 0.4) is 0 Å². The molecule has 1 N–H and O–H groups in total. The lowest BCUT2D eigenvalue weighted by molar-refractivity contribution is 0.0943. The molecule has 24 heavy (non-hydrogen) atoms. The molecule has 2 aromatic heterocycles. The van der Waals surface area contributed by atoms with Crippen LogP contribution in [0.1, 0.15) is 21.5 Å². The summed E-state index contributed by atoms with van der Waals surface area (Å²) in [5.41, 5.74) is 4.08. The van der Waals surface area contributed by atoms with E-state index >= 15 is 0 Å². The summed E-state index contributed by atoms with van der Waals surface area (Å²) in [5.74, 6) is 1.97. The zero-order chi connectivity index (χ0) is 16.5. The van der Waals surface area contributed by atoms with E-state index in [1.165, 1.54) is 11.1 Å². The molecule has 0 radical (unpaired) electrons. The summed E-state index contributed by atoms with van der Waals surface area (Å²) in [6, 6.07) is 10.8. The molecule has 122 valence electrons. The van der Waals surface area contributed by atoms with Crippen molar-refractivity contribution in [3.63, 3.8) is 0 Å². The molecule has 0 bridgehead atoms. The topological polar surface area (TPSA) is 46.9 Å². The number of carbonyl (C=O) groups excluding carboxylic acids is 1. The van der Waals surface area contributed by atoms with Gasteiger partial charge in [0.25, 0.3) is 5.91 Å². The van der Waals surface area contributed by atoms with Crippen LogP contribution in [0.15, 0.2) is 48.9 Å². The molecule has 1 aromatic carbocycles. The minimum Gasteiger partial charge on any atom is -0.348 e. The van der Waals surface area contributed by atoms with Crippen molar-refractivity contribution in [2.75, 3.05) is 11.5 Å². The van der Waals surface area contributed by atoms with Crippen LogP contribution < -0.4 is 5.32 Å². The molecule has 1 fully saturated rings. The summed E-state index contributed by atoms with van der Waals surface area (Å²) in [4.78, 5) is 16.9. The molecule has 1 saturated heterocycles. The van der Waals surface area contributed by atoms with Crippen LogP contribution in [0.5, 0.6) is 0 Å². The van der Waals surface area contributed by atoms with Gasteiger partial charge in [0.05, 0.1) is 11.1 Å². The average molecular weight is 337 g/mol. The van der Waals surface area contributed by atoms with E-state index in [4.69, 9.17) is 0 Å². The molecule has 0 aliphatic carbocycles. The van der Waals surface area contributed by atoms with Gasteiger partial charge in [-0.2, -0.15) is 11.8 Å². The average Bonchev–Trinajstić information content (AvgIpc) is 2.96. The summed E-state index contributed by atoms with van der Waals surface area (Å²) in [5, 5.41) is 4.10. The molecule has 3 heterocycles. The Morgan fingerprint density at radius 3 is 2.75 bits per heavy atom. The predicted molar refractivity (Wildman–Crippen MR) is 98.6 cm³/mol. The number of amides is 1. The molecule has 4 nitrogen and oxygen atoms in total. The number of benzene rings is 1. The molecule has 0 saturated carbocycles. The van der Waals surface area contributed by atoms with Crippen LogP contribution in [0.2, 0.25) is 0 Å². The van der Waals surface area contributed by atoms with E-state index in [1.54, 1.807) is 6.20 Å². The van der Waals surface area contributed by atoms with Crippen molar-refractivity contribution in [1.29, 1.82) is 0 Å². The lowest BCUT2D eigenvalue weighted by atomic mass is 10.1. The van der Waals surface area contributed by atoms with Crippen molar-refractivity contribution in [3.05, 3.63) is 65.6 Å². The van der Waals surface area contributed by atoms with Crippen molar-refractivity contribution in [3.8, 4) is 0 Å². The number of hydrogen-bond donors (Lipinski definition) is 1. The highest BCUT2D eigenvalue weighted by Gasteiger charge is 2.22. The molecular formula is C19H19N3OS. The van der Waals surface area contributed by atoms with Gasteiger partial charge in [0.2, 0.25) is 0 Å². The SMILES string of the molecule is Cc1ccc(Cn2ccc3cncc(C(=O)NC4CSC4)c32)cc1. The maximum absolute atomic E-state index is 12.6. The van der Waals surface area contributed by atoms with Crippen LogP contribution in [0.25, 0.3) is 10.9 Å². The molecule has 1 amide bonds. The van der Waals surface area contributed by atoms with Crippen LogP contribution in [-0.2, 0) is 6.54 Å². The Hall–Kier alpha value is -2.27. The summed E-state index contributed by atoms with van der Waals surface area (Å²) in [6.45, 7) is 2.83. The lowest BCUT2D eigenvalue weighted by Crippen LogP contribution is -2.43. The summed E-state index contributed by atoms with van der Waals surface area (Å²) >= 11 is 1.86. The van der Waals surface area contributed by atoms with E-state index in [0.717, 1.165) is 29.0 Å². The number of aryl methyl sites for hydroxylation is 1. The van der Waals surface area contributed by atoms with Gasteiger partial charge >= 0.3 is 0 Å². The number of nitrogens with zero attached hydrogens (tertiary/aromatic N) is 2. The first-order valence-corrected chi connectivity index (χ1v) is 9.23. The first kappa shape index (κ1) is 15.3. The summed E-state index contributed by atoms with van der Waals surface area (Å²) in [6.07, 6.45) is 5.52. The van der Waals surface area contributed by atoms with E-state index in [9.17, 15) is 4.79 Å². The van der Waals surface area contributed by atoms with Gasteiger partial charge in [0.15, 0.2) is 0 Å². The van der Waals surface area contributed by atoms with Crippen LogP contribution >= 0.6 is 11.8 Å². The minimum absolute atomic E-state index is 0.0257. The first-order chi connectivity index (χ1) is 11.7. The molecule has 0 atom stereocenters. The monoisotopic (exact) mass is 337 g/mol. The number of carbonyl (C=O) groups is 1. The van der Waals surface area contributed by atoms with Crippen molar-refractivity contribution >= 4 is 28.6 Å². The standard InChI is InChI=1S/C19H19N3OS/c1-13-2-4-14(5-3-13)10-22-7-6-15-8-20-9-17(18(15)22)19(23)21-16-11-24-12-16/h2-9,16H,10-12H2,1H3,(H,21,23). The second kappa shape index (κ2) is 6.32. The maximum Gasteiger partial charge on any atom is 0.255 e. The fourth-order valence-corrected chi connectivity index (χ4v) is 3.57. The van der Waals surface area contributed by atoms with Crippen molar-refractivity contribution < 1.29 is 4.79 Å². The molecule has 0 unspecified atom stereocenters. The third kappa shape index (κ3) is 2.91. The van der Waals surface area contributed by atoms with Crippen LogP contribution in [0.4, 0.5) is 0 Å². The quantitative estimate of drug-likeness (QED) is 0.795. The number of nitrogens with one attached hydrogen (secondary N) is 1. The molecule has 4 rings (SSSR count). The van der Waals surface area contributed by atoms with Crippen molar-refractivity contribution in [1.82, 2.24) is 14.9 Å². The number of hydrogen-bond acceptors (Lipinski definition) is 3. The highest BCUT2D eigenvalue weighted by molar-refractivity contribution is 8.00. The first-order valence-electron chi connectivity index (χ1n) is 8.08.